The van der Waals surface area contributed by atoms with Gasteiger partial charge in [0.2, 0.25) is 0 Å². The normalized spacial score (nSPS) is 12.5. The number of benzene rings is 1. The molecule has 0 amide bonds. The first-order valence-electron chi connectivity index (χ1n) is 6.92. The SMILES string of the molecule is CCCNC(C)c1cccc(F)c1N(CC)CC. The fourth-order valence-corrected chi connectivity index (χ4v) is 2.23. The summed E-state index contributed by atoms with van der Waals surface area (Å²) in [5.74, 6) is -0.124. The summed E-state index contributed by atoms with van der Waals surface area (Å²) in [5, 5.41) is 3.43. The largest absolute Gasteiger partial charge is 0.369 e. The number of rotatable bonds is 7. The van der Waals surface area contributed by atoms with Gasteiger partial charge < -0.3 is 10.2 Å². The van der Waals surface area contributed by atoms with Crippen molar-refractivity contribution < 1.29 is 4.39 Å². The van der Waals surface area contributed by atoms with Crippen LogP contribution in [0.25, 0.3) is 0 Å². The third kappa shape index (κ3) is 3.45. The highest BCUT2D eigenvalue weighted by atomic mass is 19.1. The molecule has 102 valence electrons. The monoisotopic (exact) mass is 252 g/mol. The first kappa shape index (κ1) is 15.0. The highest BCUT2D eigenvalue weighted by Crippen LogP contribution is 2.29. The molecule has 1 aromatic rings. The minimum atomic E-state index is -0.124. The number of para-hydroxylation sites is 1. The quantitative estimate of drug-likeness (QED) is 0.795. The predicted octanol–water partition coefficient (Wildman–Crippen LogP) is 3.73. The van der Waals surface area contributed by atoms with E-state index in [0.717, 1.165) is 37.3 Å². The van der Waals surface area contributed by atoms with Crippen molar-refractivity contribution in [3.8, 4) is 0 Å². The van der Waals surface area contributed by atoms with Gasteiger partial charge in [-0.2, -0.15) is 0 Å². The van der Waals surface area contributed by atoms with Gasteiger partial charge in [-0.15, -0.1) is 0 Å². The Bertz CT molecular complexity index is 362. The molecule has 1 rings (SSSR count). The predicted molar refractivity (Wildman–Crippen MR) is 76.7 cm³/mol. The minimum absolute atomic E-state index is 0.124. The number of nitrogens with one attached hydrogen (secondary N) is 1. The van der Waals surface area contributed by atoms with Gasteiger partial charge in [0.25, 0.3) is 0 Å². The van der Waals surface area contributed by atoms with Crippen LogP contribution < -0.4 is 10.2 Å². The molecule has 3 heteroatoms. The van der Waals surface area contributed by atoms with Gasteiger partial charge in [0.1, 0.15) is 5.82 Å². The molecule has 0 aliphatic rings. The van der Waals surface area contributed by atoms with Crippen molar-refractivity contribution in [1.82, 2.24) is 5.32 Å². The maximum absolute atomic E-state index is 14.1. The summed E-state index contributed by atoms with van der Waals surface area (Å²) >= 11 is 0. The van der Waals surface area contributed by atoms with Crippen molar-refractivity contribution in [3.05, 3.63) is 29.6 Å². The van der Waals surface area contributed by atoms with Crippen molar-refractivity contribution in [3.63, 3.8) is 0 Å². The van der Waals surface area contributed by atoms with Gasteiger partial charge in [0, 0.05) is 19.1 Å². The molecule has 1 unspecified atom stereocenters. The van der Waals surface area contributed by atoms with E-state index in [2.05, 4.69) is 37.9 Å². The Morgan fingerprint density at radius 3 is 2.44 bits per heavy atom. The Morgan fingerprint density at radius 2 is 1.89 bits per heavy atom. The standard InChI is InChI=1S/C15H25FN2/c1-5-11-17-12(4)13-9-8-10-14(16)15(13)18(6-2)7-3/h8-10,12,17H,5-7,11H2,1-4H3. The van der Waals surface area contributed by atoms with Crippen molar-refractivity contribution in [2.45, 2.75) is 40.2 Å². The summed E-state index contributed by atoms with van der Waals surface area (Å²) in [7, 11) is 0. The summed E-state index contributed by atoms with van der Waals surface area (Å²) < 4.78 is 14.1. The molecule has 1 N–H and O–H groups in total. The highest BCUT2D eigenvalue weighted by molar-refractivity contribution is 5.56. The first-order chi connectivity index (χ1) is 8.65. The van der Waals surface area contributed by atoms with Crippen LogP contribution in [0.2, 0.25) is 0 Å². The zero-order valence-corrected chi connectivity index (χ0v) is 12.0. The van der Waals surface area contributed by atoms with Crippen LogP contribution in [0.5, 0.6) is 0 Å². The molecule has 0 saturated carbocycles. The van der Waals surface area contributed by atoms with Gasteiger partial charge in [-0.3, -0.25) is 0 Å². The maximum atomic E-state index is 14.1. The lowest BCUT2D eigenvalue weighted by atomic mass is 10.0. The second-order valence-electron chi connectivity index (χ2n) is 4.53. The Balaban J connectivity index is 3.06. The van der Waals surface area contributed by atoms with E-state index in [1.165, 1.54) is 0 Å². The molecule has 0 bridgehead atoms. The van der Waals surface area contributed by atoms with E-state index in [1.54, 1.807) is 12.1 Å². The Morgan fingerprint density at radius 1 is 1.22 bits per heavy atom. The smallest absolute Gasteiger partial charge is 0.146 e. The van der Waals surface area contributed by atoms with Gasteiger partial charge in [0.15, 0.2) is 0 Å². The number of hydrogen-bond acceptors (Lipinski definition) is 2. The second kappa shape index (κ2) is 7.37. The topological polar surface area (TPSA) is 15.3 Å². The minimum Gasteiger partial charge on any atom is -0.369 e. The molecule has 0 heterocycles. The zero-order valence-electron chi connectivity index (χ0n) is 12.0. The highest BCUT2D eigenvalue weighted by Gasteiger charge is 2.17. The van der Waals surface area contributed by atoms with E-state index in [-0.39, 0.29) is 11.9 Å². The van der Waals surface area contributed by atoms with Gasteiger partial charge in [0.05, 0.1) is 5.69 Å². The second-order valence-corrected chi connectivity index (χ2v) is 4.53. The number of hydrogen-bond donors (Lipinski definition) is 1. The van der Waals surface area contributed by atoms with E-state index in [4.69, 9.17) is 0 Å². The number of halogens is 1. The van der Waals surface area contributed by atoms with Crippen molar-refractivity contribution in [1.29, 1.82) is 0 Å². The molecule has 1 atom stereocenters. The Hall–Kier alpha value is -1.09. The molecule has 0 aromatic heterocycles. The van der Waals surface area contributed by atoms with E-state index in [0.29, 0.717) is 0 Å². The van der Waals surface area contributed by atoms with Crippen LogP contribution in [0.4, 0.5) is 10.1 Å². The molecular formula is C15H25FN2. The molecule has 0 saturated heterocycles. The first-order valence-corrected chi connectivity index (χ1v) is 6.92. The molecule has 1 aromatic carbocycles. The molecule has 0 aliphatic heterocycles. The summed E-state index contributed by atoms with van der Waals surface area (Å²) in [6, 6.07) is 5.53. The van der Waals surface area contributed by atoms with Gasteiger partial charge in [-0.25, -0.2) is 4.39 Å². The van der Waals surface area contributed by atoms with E-state index in [9.17, 15) is 4.39 Å². The van der Waals surface area contributed by atoms with Crippen LogP contribution in [0.3, 0.4) is 0 Å². The Labute approximate surface area is 110 Å². The van der Waals surface area contributed by atoms with Crippen LogP contribution in [0.1, 0.15) is 45.7 Å². The lowest BCUT2D eigenvalue weighted by Crippen LogP contribution is -2.27. The van der Waals surface area contributed by atoms with Gasteiger partial charge in [-0.05, 0) is 45.4 Å². The van der Waals surface area contributed by atoms with E-state index < -0.39 is 0 Å². The fourth-order valence-electron chi connectivity index (χ4n) is 2.23. The summed E-state index contributed by atoms with van der Waals surface area (Å²) in [4.78, 5) is 2.08. The molecule has 18 heavy (non-hydrogen) atoms. The average molecular weight is 252 g/mol. The molecule has 0 fully saturated rings. The number of nitrogens with zero attached hydrogens (tertiary/aromatic N) is 1. The summed E-state index contributed by atoms with van der Waals surface area (Å²) in [6.07, 6.45) is 1.08. The van der Waals surface area contributed by atoms with E-state index >= 15 is 0 Å². The van der Waals surface area contributed by atoms with Crippen molar-refractivity contribution >= 4 is 5.69 Å². The molecule has 2 nitrogen and oxygen atoms in total. The third-order valence-electron chi connectivity index (χ3n) is 3.26. The molecule has 0 aliphatic carbocycles. The van der Waals surface area contributed by atoms with Crippen molar-refractivity contribution in [2.24, 2.45) is 0 Å². The van der Waals surface area contributed by atoms with Crippen LogP contribution in [-0.2, 0) is 0 Å². The van der Waals surface area contributed by atoms with Crippen LogP contribution in [0, 0.1) is 5.82 Å². The van der Waals surface area contributed by atoms with Gasteiger partial charge >= 0.3 is 0 Å². The summed E-state index contributed by atoms with van der Waals surface area (Å²) in [6.45, 7) is 11.0. The Kier molecular flexibility index (Phi) is 6.13. The van der Waals surface area contributed by atoms with Crippen molar-refractivity contribution in [2.75, 3.05) is 24.5 Å². The van der Waals surface area contributed by atoms with Gasteiger partial charge in [-0.1, -0.05) is 19.1 Å². The molecular weight excluding hydrogens is 227 g/mol. The number of anilines is 1. The third-order valence-corrected chi connectivity index (χ3v) is 3.26. The summed E-state index contributed by atoms with van der Waals surface area (Å²) in [5.41, 5.74) is 1.80. The molecule has 0 radical (unpaired) electrons. The maximum Gasteiger partial charge on any atom is 0.146 e. The fraction of sp³-hybridized carbons (Fsp3) is 0.600. The van der Waals surface area contributed by atoms with Crippen LogP contribution >= 0.6 is 0 Å². The zero-order chi connectivity index (χ0) is 13.5. The lowest BCUT2D eigenvalue weighted by Gasteiger charge is -2.27. The van der Waals surface area contributed by atoms with Crippen LogP contribution in [-0.4, -0.2) is 19.6 Å². The lowest BCUT2D eigenvalue weighted by molar-refractivity contribution is 0.559. The van der Waals surface area contributed by atoms with Crippen LogP contribution in [0.15, 0.2) is 18.2 Å². The molecule has 0 spiro atoms. The average Bonchev–Trinajstić information content (AvgIpc) is 2.39. The van der Waals surface area contributed by atoms with E-state index in [1.807, 2.05) is 6.07 Å².